The first-order valence-electron chi connectivity index (χ1n) is 8.99. The average Bonchev–Trinajstić information content (AvgIpc) is 3.00. The molecule has 0 aliphatic carbocycles. The first kappa shape index (κ1) is 18.4. The van der Waals surface area contributed by atoms with Crippen molar-refractivity contribution in [2.75, 3.05) is 19.6 Å². The number of halogens is 1. The van der Waals surface area contributed by atoms with E-state index in [4.69, 9.17) is 11.6 Å². The molecule has 2 aromatic rings. The van der Waals surface area contributed by atoms with Crippen molar-refractivity contribution in [1.29, 1.82) is 0 Å². The van der Waals surface area contributed by atoms with Crippen molar-refractivity contribution >= 4 is 28.8 Å². The maximum atomic E-state index is 12.4. The van der Waals surface area contributed by atoms with E-state index in [1.165, 1.54) is 31.2 Å². The Morgan fingerprint density at radius 3 is 2.48 bits per heavy atom. The molecule has 134 valence electrons. The van der Waals surface area contributed by atoms with Crippen molar-refractivity contribution < 1.29 is 4.79 Å². The fraction of sp³-hybridized carbons (Fsp3) is 0.450. The van der Waals surface area contributed by atoms with Crippen LogP contribution in [-0.4, -0.2) is 30.4 Å². The van der Waals surface area contributed by atoms with E-state index < -0.39 is 0 Å². The minimum atomic E-state index is 0.0670. The number of carbonyl (C=O) groups is 1. The van der Waals surface area contributed by atoms with E-state index in [2.05, 4.69) is 27.0 Å². The third kappa shape index (κ3) is 5.56. The Morgan fingerprint density at radius 1 is 1.12 bits per heavy atom. The van der Waals surface area contributed by atoms with Gasteiger partial charge in [-0.25, -0.2) is 0 Å². The van der Waals surface area contributed by atoms with Crippen molar-refractivity contribution in [3.05, 3.63) is 57.2 Å². The summed E-state index contributed by atoms with van der Waals surface area (Å²) in [4.78, 5) is 14.9. The van der Waals surface area contributed by atoms with E-state index in [9.17, 15) is 4.79 Å². The largest absolute Gasteiger partial charge is 0.354 e. The molecule has 0 bridgehead atoms. The fourth-order valence-electron chi connectivity index (χ4n) is 3.39. The van der Waals surface area contributed by atoms with Crippen LogP contribution in [0.1, 0.15) is 42.9 Å². The number of nitrogens with one attached hydrogen (secondary N) is 1. The van der Waals surface area contributed by atoms with Crippen LogP contribution in [0, 0.1) is 0 Å². The summed E-state index contributed by atoms with van der Waals surface area (Å²) in [6, 6.07) is 9.94. The van der Waals surface area contributed by atoms with Gasteiger partial charge in [-0.15, -0.1) is 0 Å². The van der Waals surface area contributed by atoms with E-state index in [0.717, 1.165) is 18.7 Å². The first-order valence-corrected chi connectivity index (χ1v) is 10.3. The molecule has 1 aromatic heterocycles. The van der Waals surface area contributed by atoms with Gasteiger partial charge in [0, 0.05) is 11.6 Å². The molecule has 1 saturated heterocycles. The van der Waals surface area contributed by atoms with Crippen LogP contribution >= 0.6 is 22.9 Å². The highest BCUT2D eigenvalue weighted by Gasteiger charge is 2.22. The summed E-state index contributed by atoms with van der Waals surface area (Å²) in [5.74, 6) is 0.0670. The highest BCUT2D eigenvalue weighted by molar-refractivity contribution is 7.07. The molecule has 0 spiro atoms. The van der Waals surface area contributed by atoms with Crippen LogP contribution in [0.3, 0.4) is 0 Å². The molecule has 1 N–H and O–H groups in total. The van der Waals surface area contributed by atoms with Crippen LogP contribution in [0.2, 0.25) is 5.02 Å². The number of thiophene rings is 1. The van der Waals surface area contributed by atoms with Crippen LogP contribution in [0.4, 0.5) is 0 Å². The Bertz CT molecular complexity index is 649. The molecule has 1 aromatic carbocycles. The van der Waals surface area contributed by atoms with Gasteiger partial charge < -0.3 is 5.32 Å². The highest BCUT2D eigenvalue weighted by atomic mass is 35.5. The zero-order valence-corrected chi connectivity index (χ0v) is 16.0. The summed E-state index contributed by atoms with van der Waals surface area (Å²) in [6.45, 7) is 2.91. The molecule has 1 fully saturated rings. The highest BCUT2D eigenvalue weighted by Crippen LogP contribution is 2.25. The molecule has 0 radical (unpaired) electrons. The van der Waals surface area contributed by atoms with Crippen molar-refractivity contribution in [3.63, 3.8) is 0 Å². The Labute approximate surface area is 159 Å². The second kappa shape index (κ2) is 9.37. The van der Waals surface area contributed by atoms with Gasteiger partial charge in [0.25, 0.3) is 0 Å². The lowest BCUT2D eigenvalue weighted by molar-refractivity contribution is -0.120. The molecule has 3 rings (SSSR count). The van der Waals surface area contributed by atoms with Crippen LogP contribution in [0.5, 0.6) is 0 Å². The SMILES string of the molecule is O=C(Cc1ccc(Cl)cc1)NC[C@H](c1ccsc1)N1CCCCCC1. The van der Waals surface area contributed by atoms with Gasteiger partial charge in [0.1, 0.15) is 0 Å². The average molecular weight is 377 g/mol. The summed E-state index contributed by atoms with van der Waals surface area (Å²) < 4.78 is 0. The fourth-order valence-corrected chi connectivity index (χ4v) is 4.22. The molecule has 2 heterocycles. The predicted molar refractivity (Wildman–Crippen MR) is 105 cm³/mol. The third-order valence-corrected chi connectivity index (χ3v) is 5.73. The number of carbonyl (C=O) groups excluding carboxylic acids is 1. The molecular formula is C20H25ClN2OS. The Morgan fingerprint density at radius 2 is 1.84 bits per heavy atom. The quantitative estimate of drug-likeness (QED) is 0.794. The molecule has 0 saturated carbocycles. The Balaban J connectivity index is 1.60. The molecule has 3 nitrogen and oxygen atoms in total. The smallest absolute Gasteiger partial charge is 0.224 e. The molecule has 1 aliphatic heterocycles. The number of benzene rings is 1. The van der Waals surface area contributed by atoms with Crippen LogP contribution in [-0.2, 0) is 11.2 Å². The normalized spacial score (nSPS) is 17.0. The van der Waals surface area contributed by atoms with Gasteiger partial charge in [0.05, 0.1) is 12.5 Å². The lowest BCUT2D eigenvalue weighted by Crippen LogP contribution is -2.39. The van der Waals surface area contributed by atoms with Crippen molar-refractivity contribution in [3.8, 4) is 0 Å². The topological polar surface area (TPSA) is 32.3 Å². The van der Waals surface area contributed by atoms with E-state index in [0.29, 0.717) is 18.0 Å². The third-order valence-electron chi connectivity index (χ3n) is 4.78. The van der Waals surface area contributed by atoms with Crippen LogP contribution < -0.4 is 5.32 Å². The lowest BCUT2D eigenvalue weighted by Gasteiger charge is -2.30. The standard InChI is InChI=1S/C20H25ClN2OS/c21-18-7-5-16(6-8-18)13-20(24)22-14-19(17-9-12-25-15-17)23-10-3-1-2-4-11-23/h5-9,12,15,19H,1-4,10-11,13-14H2,(H,22,24)/t19-/m1/s1. The van der Waals surface area contributed by atoms with Crippen molar-refractivity contribution in [2.45, 2.75) is 38.1 Å². The predicted octanol–water partition coefficient (Wildman–Crippen LogP) is 4.68. The van der Waals surface area contributed by atoms with Gasteiger partial charge in [0.2, 0.25) is 5.91 Å². The molecule has 1 atom stereocenters. The van der Waals surface area contributed by atoms with Gasteiger partial charge in [-0.05, 0) is 66.0 Å². The molecule has 0 unspecified atom stereocenters. The Kier molecular flexibility index (Phi) is 6.91. The zero-order chi connectivity index (χ0) is 17.5. The maximum absolute atomic E-state index is 12.4. The number of hydrogen-bond donors (Lipinski definition) is 1. The second-order valence-electron chi connectivity index (χ2n) is 6.63. The summed E-state index contributed by atoms with van der Waals surface area (Å²) in [5.41, 5.74) is 2.31. The van der Waals surface area contributed by atoms with Gasteiger partial charge in [0.15, 0.2) is 0 Å². The molecular weight excluding hydrogens is 352 g/mol. The summed E-state index contributed by atoms with van der Waals surface area (Å²) in [6.07, 6.45) is 5.53. The van der Waals surface area contributed by atoms with Crippen LogP contribution in [0.15, 0.2) is 41.1 Å². The molecule has 1 aliphatic rings. The number of amides is 1. The lowest BCUT2D eigenvalue weighted by atomic mass is 10.1. The summed E-state index contributed by atoms with van der Waals surface area (Å²) in [7, 11) is 0. The van der Waals surface area contributed by atoms with Gasteiger partial charge >= 0.3 is 0 Å². The summed E-state index contributed by atoms with van der Waals surface area (Å²) >= 11 is 7.63. The van der Waals surface area contributed by atoms with E-state index in [1.54, 1.807) is 11.3 Å². The minimum absolute atomic E-state index is 0.0670. The molecule has 1 amide bonds. The number of likely N-dealkylation sites (tertiary alicyclic amines) is 1. The number of rotatable bonds is 6. The van der Waals surface area contributed by atoms with Gasteiger partial charge in [-0.1, -0.05) is 36.6 Å². The maximum Gasteiger partial charge on any atom is 0.224 e. The zero-order valence-electron chi connectivity index (χ0n) is 14.4. The second-order valence-corrected chi connectivity index (χ2v) is 7.85. The summed E-state index contributed by atoms with van der Waals surface area (Å²) in [5, 5.41) is 8.17. The number of nitrogens with zero attached hydrogens (tertiary/aromatic N) is 1. The molecule has 25 heavy (non-hydrogen) atoms. The Hall–Kier alpha value is -1.36. The molecule has 5 heteroatoms. The van der Waals surface area contributed by atoms with Crippen molar-refractivity contribution in [2.24, 2.45) is 0 Å². The minimum Gasteiger partial charge on any atom is -0.354 e. The van der Waals surface area contributed by atoms with Crippen molar-refractivity contribution in [1.82, 2.24) is 10.2 Å². The van der Waals surface area contributed by atoms with Gasteiger partial charge in [-0.3, -0.25) is 9.69 Å². The van der Waals surface area contributed by atoms with E-state index >= 15 is 0 Å². The van der Waals surface area contributed by atoms with Crippen LogP contribution in [0.25, 0.3) is 0 Å². The number of hydrogen-bond acceptors (Lipinski definition) is 3. The van der Waals surface area contributed by atoms with Gasteiger partial charge in [-0.2, -0.15) is 11.3 Å². The van der Waals surface area contributed by atoms with E-state index in [-0.39, 0.29) is 11.9 Å². The van der Waals surface area contributed by atoms with E-state index in [1.807, 2.05) is 24.3 Å². The monoisotopic (exact) mass is 376 g/mol. The first-order chi connectivity index (χ1) is 12.2.